The minimum Gasteiger partial charge on any atom is -0.444 e. The lowest BCUT2D eigenvalue weighted by molar-refractivity contribution is -0.152. The van der Waals surface area contributed by atoms with E-state index in [1.807, 2.05) is 18.7 Å². The van der Waals surface area contributed by atoms with Crippen molar-refractivity contribution in [2.24, 2.45) is 11.8 Å². The van der Waals surface area contributed by atoms with E-state index < -0.39 is 6.23 Å². The molecule has 0 aliphatic carbocycles. The topological polar surface area (TPSA) is 66.9 Å². The van der Waals surface area contributed by atoms with Gasteiger partial charge in [-0.2, -0.15) is 0 Å². The first kappa shape index (κ1) is 21.4. The third-order valence-electron chi connectivity index (χ3n) is 5.09. The van der Waals surface area contributed by atoms with Crippen molar-refractivity contribution in [1.82, 2.24) is 9.80 Å². The minimum absolute atomic E-state index is 0.00279. The van der Waals surface area contributed by atoms with Crippen molar-refractivity contribution in [1.29, 1.82) is 0 Å². The number of hydrogen-bond donors (Lipinski definition) is 0. The van der Waals surface area contributed by atoms with Gasteiger partial charge in [0.05, 0.1) is 0 Å². The zero-order valence-electron chi connectivity index (χ0n) is 15.9. The molecule has 4 atom stereocenters. The maximum Gasteiger partial charge on any atom is 0.295 e. The van der Waals surface area contributed by atoms with E-state index in [-0.39, 0.29) is 23.7 Å². The van der Waals surface area contributed by atoms with E-state index in [0.717, 1.165) is 31.6 Å². The minimum atomic E-state index is -0.403. The summed E-state index contributed by atoms with van der Waals surface area (Å²) in [4.78, 5) is 39.2. The molecule has 2 rings (SSSR count). The Hall–Kier alpha value is -0.890. The summed E-state index contributed by atoms with van der Waals surface area (Å²) in [6, 6.07) is 0.363. The average molecular weight is 403 g/mol. The molecule has 2 fully saturated rings. The fourth-order valence-corrected chi connectivity index (χ4v) is 6.15. The van der Waals surface area contributed by atoms with Gasteiger partial charge in [0.15, 0.2) is 6.23 Å². The van der Waals surface area contributed by atoms with Crippen LogP contribution in [-0.4, -0.2) is 65.0 Å². The van der Waals surface area contributed by atoms with Crippen LogP contribution in [0.3, 0.4) is 0 Å². The van der Waals surface area contributed by atoms with Crippen LogP contribution in [0.5, 0.6) is 0 Å². The Balaban J connectivity index is 1.67. The molecule has 148 valence electrons. The average Bonchev–Trinajstić information content (AvgIpc) is 3.26. The molecule has 2 aliphatic heterocycles. The second-order valence-corrected chi connectivity index (χ2v) is 9.81. The molecule has 0 saturated carbocycles. The second kappa shape index (κ2) is 10.4. The highest BCUT2D eigenvalue weighted by Gasteiger charge is 2.32. The highest BCUT2D eigenvalue weighted by Crippen LogP contribution is 2.29. The molecule has 2 aliphatic rings. The number of carbonyl (C=O) groups excluding carboxylic acids is 3. The Bertz CT molecular complexity index is 506. The molecule has 0 N–H and O–H groups in total. The van der Waals surface area contributed by atoms with E-state index in [1.54, 1.807) is 26.5 Å². The molecular formula is C18H30N2O4S2. The molecule has 0 aromatic rings. The van der Waals surface area contributed by atoms with Gasteiger partial charge in [0.1, 0.15) is 0 Å². The normalized spacial score (nSPS) is 25.2. The Morgan fingerprint density at radius 3 is 2.12 bits per heavy atom. The predicted octanol–water partition coefficient (Wildman–Crippen LogP) is 2.77. The summed E-state index contributed by atoms with van der Waals surface area (Å²) in [5.74, 6) is 1.61. The van der Waals surface area contributed by atoms with Gasteiger partial charge in [-0.3, -0.25) is 14.4 Å². The first-order chi connectivity index (χ1) is 12.5. The van der Waals surface area contributed by atoms with Gasteiger partial charge in [0, 0.05) is 48.9 Å². The van der Waals surface area contributed by atoms with Gasteiger partial charge in [-0.1, -0.05) is 35.4 Å². The van der Waals surface area contributed by atoms with Gasteiger partial charge in [-0.15, -0.1) is 0 Å². The van der Waals surface area contributed by atoms with Crippen molar-refractivity contribution in [3.8, 4) is 0 Å². The molecule has 26 heavy (non-hydrogen) atoms. The molecule has 0 bridgehead atoms. The van der Waals surface area contributed by atoms with Crippen LogP contribution in [0.25, 0.3) is 0 Å². The molecule has 0 aromatic carbocycles. The first-order valence-corrected chi connectivity index (χ1v) is 11.9. The van der Waals surface area contributed by atoms with E-state index in [2.05, 4.69) is 6.92 Å². The molecule has 8 heteroatoms. The van der Waals surface area contributed by atoms with Gasteiger partial charge in [0.2, 0.25) is 11.8 Å². The van der Waals surface area contributed by atoms with Crippen LogP contribution >= 0.6 is 21.6 Å². The molecule has 4 unspecified atom stereocenters. The molecule has 0 spiro atoms. The smallest absolute Gasteiger partial charge is 0.295 e. The zero-order chi connectivity index (χ0) is 19.1. The van der Waals surface area contributed by atoms with E-state index in [9.17, 15) is 14.4 Å². The van der Waals surface area contributed by atoms with Crippen LogP contribution in [0.15, 0.2) is 0 Å². The van der Waals surface area contributed by atoms with Crippen LogP contribution in [0.2, 0.25) is 0 Å². The van der Waals surface area contributed by atoms with Crippen LogP contribution in [0.4, 0.5) is 0 Å². The second-order valence-electron chi connectivity index (χ2n) is 7.25. The van der Waals surface area contributed by atoms with Gasteiger partial charge in [-0.25, -0.2) is 0 Å². The standard InChI is InChI=1S/C18H30N2O4S2/c1-13(17(22)19-8-4-6-15(19)3)10-25-26-11-14(2)18(23)20-9-5-7-16(20)24-12-21/h12-16H,4-11H2,1-3H3. The molecular weight excluding hydrogens is 372 g/mol. The Labute approximate surface area is 164 Å². The number of nitrogens with zero attached hydrogens (tertiary/aromatic N) is 2. The first-order valence-electron chi connectivity index (χ1n) is 9.40. The third-order valence-corrected chi connectivity index (χ3v) is 7.85. The van der Waals surface area contributed by atoms with Crippen molar-refractivity contribution < 1.29 is 19.1 Å². The lowest BCUT2D eigenvalue weighted by atomic mass is 10.1. The number of carbonyl (C=O) groups is 3. The molecule has 0 radical (unpaired) electrons. The highest BCUT2D eigenvalue weighted by atomic mass is 33.1. The number of amides is 2. The van der Waals surface area contributed by atoms with E-state index >= 15 is 0 Å². The molecule has 0 aromatic heterocycles. The summed E-state index contributed by atoms with van der Waals surface area (Å²) in [5, 5.41) is 0. The molecule has 2 heterocycles. The summed E-state index contributed by atoms with van der Waals surface area (Å²) < 4.78 is 5.00. The largest absolute Gasteiger partial charge is 0.444 e. The van der Waals surface area contributed by atoms with Crippen molar-refractivity contribution in [2.45, 2.75) is 58.7 Å². The highest BCUT2D eigenvalue weighted by molar-refractivity contribution is 8.76. The van der Waals surface area contributed by atoms with Gasteiger partial charge >= 0.3 is 0 Å². The number of hydrogen-bond acceptors (Lipinski definition) is 6. The number of rotatable bonds is 9. The van der Waals surface area contributed by atoms with Crippen LogP contribution < -0.4 is 0 Å². The van der Waals surface area contributed by atoms with E-state index in [4.69, 9.17) is 4.74 Å². The SMILES string of the molecule is CC(CSSCC(C)C(=O)N1CCCC1OC=O)C(=O)N1CCCC1C. The maximum absolute atomic E-state index is 12.5. The van der Waals surface area contributed by atoms with Crippen molar-refractivity contribution >= 4 is 39.9 Å². The van der Waals surface area contributed by atoms with Crippen molar-refractivity contribution in [3.05, 3.63) is 0 Å². The van der Waals surface area contributed by atoms with Crippen LogP contribution in [0.1, 0.15) is 46.5 Å². The van der Waals surface area contributed by atoms with Crippen LogP contribution in [0, 0.1) is 11.8 Å². The summed E-state index contributed by atoms with van der Waals surface area (Å²) in [5.41, 5.74) is 0. The van der Waals surface area contributed by atoms with Crippen molar-refractivity contribution in [2.75, 3.05) is 24.6 Å². The fourth-order valence-electron chi connectivity index (χ4n) is 3.46. The number of ether oxygens (including phenoxy) is 1. The monoisotopic (exact) mass is 402 g/mol. The molecule has 2 saturated heterocycles. The predicted molar refractivity (Wildman–Crippen MR) is 106 cm³/mol. The summed E-state index contributed by atoms with van der Waals surface area (Å²) >= 11 is 0. The van der Waals surface area contributed by atoms with Crippen LogP contribution in [-0.2, 0) is 19.1 Å². The van der Waals surface area contributed by atoms with E-state index in [1.165, 1.54) is 0 Å². The third kappa shape index (κ3) is 5.55. The summed E-state index contributed by atoms with van der Waals surface area (Å²) in [6.07, 6.45) is 3.39. The van der Waals surface area contributed by atoms with Gasteiger partial charge < -0.3 is 14.5 Å². The lowest BCUT2D eigenvalue weighted by Gasteiger charge is -2.26. The fraction of sp³-hybridized carbons (Fsp3) is 0.833. The van der Waals surface area contributed by atoms with Gasteiger partial charge in [0.25, 0.3) is 6.47 Å². The molecule has 2 amide bonds. The summed E-state index contributed by atoms with van der Waals surface area (Å²) in [6.45, 7) is 7.97. The zero-order valence-corrected chi connectivity index (χ0v) is 17.5. The maximum atomic E-state index is 12.5. The van der Waals surface area contributed by atoms with Crippen molar-refractivity contribution in [3.63, 3.8) is 0 Å². The summed E-state index contributed by atoms with van der Waals surface area (Å²) in [7, 11) is 3.30. The molecule has 6 nitrogen and oxygen atoms in total. The number of likely N-dealkylation sites (tertiary alicyclic amines) is 2. The quantitative estimate of drug-likeness (QED) is 0.336. The van der Waals surface area contributed by atoms with E-state index in [0.29, 0.717) is 31.2 Å². The Morgan fingerprint density at radius 1 is 1.04 bits per heavy atom. The Kier molecular flexibility index (Phi) is 8.60. The van der Waals surface area contributed by atoms with Gasteiger partial charge in [-0.05, 0) is 26.2 Å². The lowest BCUT2D eigenvalue weighted by Crippen LogP contribution is -2.40. The Morgan fingerprint density at radius 2 is 1.58 bits per heavy atom.